The first-order valence-corrected chi connectivity index (χ1v) is 51.6. The van der Waals surface area contributed by atoms with E-state index in [1.165, 1.54) is 206 Å². The number of rotatable bonds is 8. The van der Waals surface area contributed by atoms with Crippen LogP contribution in [-0.2, 0) is 44.5 Å². The van der Waals surface area contributed by atoms with Gasteiger partial charge in [0, 0.05) is 148 Å². The van der Waals surface area contributed by atoms with Crippen LogP contribution in [0, 0.1) is 34.6 Å². The SMILES string of the molecule is CC1=CCCCC1.Cc1cc(-c2ccc3nc(C4=CCCCC4)ccc3c2)cc2cn(C)nc12.Cc1cc(-c2ccc3nc(C4CCCCC4)ccc3c2)cc2cn(C)nc12.Cc1cc(-c2ccc3nc(C4CCNCC4)ccc3c2)cc2cn(C)nc12.Cc1cc(-c2ccc3nc(Cl)ccc3c2)cc2cn(C)nc12.Cc1cc(B2OC(C)(C)C(C)(C)O2)cc2cn(C)nc12.Clc1ccc2cc(Br)ccc2n1. The Morgan fingerprint density at radius 1 is 0.331 bits per heavy atom. The van der Waals surface area contributed by atoms with Crippen LogP contribution < -0.4 is 10.8 Å². The predicted octanol–water partition coefficient (Wildman–Crippen LogP) is 29.9. The molecule has 0 spiro atoms. The van der Waals surface area contributed by atoms with Crippen LogP contribution in [0.4, 0.5) is 0 Å². The number of hydrogen-bond donors (Lipinski definition) is 1. The normalized spacial score (nSPS) is 15.4. The van der Waals surface area contributed by atoms with E-state index >= 15 is 0 Å². The molecule has 720 valence electrons. The molecule has 0 atom stereocenters. The number of hydrogen-bond acceptors (Lipinski definition) is 13. The average Bonchev–Trinajstić information content (AvgIpc) is 1.61. The van der Waals surface area contributed by atoms with Crippen molar-refractivity contribution in [3.63, 3.8) is 0 Å². The molecule has 20 aromatic rings. The van der Waals surface area contributed by atoms with Crippen LogP contribution in [-0.4, -0.2) is 105 Å². The average molecular weight is 1980 g/mol. The first-order chi connectivity index (χ1) is 68.4. The smallest absolute Gasteiger partial charge is 0.399 e. The van der Waals surface area contributed by atoms with Gasteiger partial charge in [-0.3, -0.25) is 33.4 Å². The summed E-state index contributed by atoms with van der Waals surface area (Å²) >= 11 is 15.1. The molecule has 2 saturated heterocycles. The summed E-state index contributed by atoms with van der Waals surface area (Å²) in [5.74, 6) is 1.24. The first-order valence-electron chi connectivity index (χ1n) is 50.1. The van der Waals surface area contributed by atoms with Gasteiger partial charge in [-0.25, -0.2) is 15.0 Å². The number of fused-ring (bicyclic) bond motifs is 10. The summed E-state index contributed by atoms with van der Waals surface area (Å²) in [6.07, 6.45) is 34.5. The number of piperidine rings is 1. The standard InChI is InChI=1S/C24H25N3.C24H23N3.C23H24N4.C18H14ClN3.C15H21BN2O2.C9H5BrClN.C7H12/c2*1-16-12-20(14-21-15-27(2)26-24(16)21)18-8-10-23-19(13-18)9-11-22(25-23)17-6-4-3-5-7-17;1-15-11-19(13-20-14-27(2)26-23(15)20)17-3-5-22-18(12-17)4-6-21(25-22)16-7-9-24-10-8-16;1-11-7-14(9-15-10-22(2)21-18(11)15)12-3-5-16-13(8-12)4-6-17(19)20-16;1-10-7-12(8-11-9-18(6)17-13(10)11)16-19-14(2,3)15(4,5)20-16;10-7-2-3-8-6(5-7)1-4-9(11)12-8;1-7-5-3-2-4-6-7/h8-15,17H,3-7H2,1-2H3;6,8-15H,3-5,7H2,1-2H3;3-6,11-14,16,24H,7-10H2,1-2H3;3-10H,1-2H3;7-9H,1-6H3;1-5H;5H,2-4,6H2,1H3. The van der Waals surface area contributed by atoms with Gasteiger partial charge >= 0.3 is 7.12 Å². The van der Waals surface area contributed by atoms with E-state index in [1.54, 1.807) is 11.6 Å². The zero-order chi connectivity index (χ0) is 98.8. The van der Waals surface area contributed by atoms with Gasteiger partial charge in [0.25, 0.3) is 0 Å². The monoisotopic (exact) mass is 1980 g/mol. The van der Waals surface area contributed by atoms with Crippen molar-refractivity contribution in [1.29, 1.82) is 0 Å². The highest BCUT2D eigenvalue weighted by Crippen LogP contribution is 2.41. The first kappa shape index (κ1) is 97.9. The molecule has 3 fully saturated rings. The van der Waals surface area contributed by atoms with Gasteiger partial charge in [0.1, 0.15) is 10.3 Å². The summed E-state index contributed by atoms with van der Waals surface area (Å²) in [5, 5.41) is 38.8. The van der Waals surface area contributed by atoms with Crippen LogP contribution in [0.1, 0.15) is 188 Å². The van der Waals surface area contributed by atoms with E-state index in [-0.39, 0.29) is 18.3 Å². The summed E-state index contributed by atoms with van der Waals surface area (Å²) in [6, 6.07) is 74.9. The molecule has 25 rings (SSSR count). The minimum atomic E-state index is -0.316. The van der Waals surface area contributed by atoms with Crippen LogP contribution in [0.5, 0.6) is 0 Å². The lowest BCUT2D eigenvalue weighted by molar-refractivity contribution is 0.00578. The van der Waals surface area contributed by atoms with Gasteiger partial charge in [0.2, 0.25) is 0 Å². The second-order valence-corrected chi connectivity index (χ2v) is 42.0. The molecule has 0 radical (unpaired) electrons. The van der Waals surface area contributed by atoms with Gasteiger partial charge in [-0.05, 0) is 400 Å². The number of nitrogens with one attached hydrogen (secondary N) is 1. The fourth-order valence-corrected chi connectivity index (χ4v) is 21.2. The van der Waals surface area contributed by atoms with E-state index in [1.807, 2.05) is 114 Å². The summed E-state index contributed by atoms with van der Waals surface area (Å²) in [7, 11) is 9.49. The third kappa shape index (κ3) is 22.4. The Morgan fingerprint density at radius 2 is 0.676 bits per heavy atom. The topological polar surface area (TPSA) is 184 Å². The van der Waals surface area contributed by atoms with Gasteiger partial charge in [-0.2, -0.15) is 25.5 Å². The molecule has 12 heterocycles. The Balaban J connectivity index is 0.000000108. The minimum Gasteiger partial charge on any atom is -0.399 e. The predicted molar refractivity (Wildman–Crippen MR) is 595 cm³/mol. The zero-order valence-electron chi connectivity index (χ0n) is 84.2. The second-order valence-electron chi connectivity index (χ2n) is 40.3. The molecule has 10 aromatic carbocycles. The van der Waals surface area contributed by atoms with Crippen molar-refractivity contribution in [2.45, 2.75) is 189 Å². The molecule has 22 heteroatoms. The lowest BCUT2D eigenvalue weighted by atomic mass is 9.78. The fourth-order valence-electron chi connectivity index (χ4n) is 20.5. The quantitative estimate of drug-likeness (QED) is 0.0862. The summed E-state index contributed by atoms with van der Waals surface area (Å²) in [4.78, 5) is 23.4. The molecule has 3 aliphatic carbocycles. The van der Waals surface area contributed by atoms with E-state index in [2.05, 4.69) is 320 Å². The van der Waals surface area contributed by atoms with Crippen LogP contribution in [0.15, 0.2) is 266 Å². The van der Waals surface area contributed by atoms with E-state index < -0.39 is 0 Å². The third-order valence-corrected chi connectivity index (χ3v) is 29.7. The number of nitrogens with zero attached hydrogens (tertiary/aromatic N) is 15. The largest absolute Gasteiger partial charge is 0.494 e. The molecular formula is C120H124BBrCl2N16O2. The number of aromatic nitrogens is 15. The number of aryl methyl sites for hydroxylation is 10. The van der Waals surface area contributed by atoms with Crippen LogP contribution in [0.3, 0.4) is 0 Å². The molecule has 18 nitrogen and oxygen atoms in total. The summed E-state index contributed by atoms with van der Waals surface area (Å²) in [5.41, 5.74) is 33.3. The number of pyridine rings is 5. The maximum atomic E-state index is 6.11. The molecule has 0 unspecified atom stereocenters. The van der Waals surface area contributed by atoms with Crippen molar-refractivity contribution >= 4 is 166 Å². The van der Waals surface area contributed by atoms with E-state index in [9.17, 15) is 0 Å². The fraction of sp³-hybridized carbons (Fsp3) is 0.300. The maximum absolute atomic E-state index is 6.11. The molecule has 10 aromatic heterocycles. The van der Waals surface area contributed by atoms with E-state index in [0.717, 1.165) is 117 Å². The van der Waals surface area contributed by atoms with Gasteiger partial charge in [0.15, 0.2) is 0 Å². The number of allylic oxidation sites excluding steroid dienone is 4. The molecule has 2 aliphatic heterocycles. The third-order valence-electron chi connectivity index (χ3n) is 28.8. The van der Waals surface area contributed by atoms with Gasteiger partial charge in [-0.15, -0.1) is 0 Å². The second kappa shape index (κ2) is 42.3. The maximum Gasteiger partial charge on any atom is 0.494 e. The molecular weight excluding hydrogens is 1860 g/mol. The van der Waals surface area contributed by atoms with Crippen LogP contribution >= 0.6 is 39.1 Å². The molecule has 0 bridgehead atoms. The van der Waals surface area contributed by atoms with Gasteiger partial charge in [0.05, 0.1) is 72.1 Å². The van der Waals surface area contributed by atoms with Gasteiger partial charge < -0.3 is 14.6 Å². The van der Waals surface area contributed by atoms with Crippen molar-refractivity contribution in [2.24, 2.45) is 35.2 Å². The Kier molecular flexibility index (Phi) is 29.2. The molecule has 5 aliphatic rings. The van der Waals surface area contributed by atoms with Crippen LogP contribution in [0.2, 0.25) is 10.3 Å². The highest BCUT2D eigenvalue weighted by atomic mass is 79.9. The number of halogens is 3. The van der Waals surface area contributed by atoms with E-state index in [0.29, 0.717) is 22.1 Å². The van der Waals surface area contributed by atoms with Gasteiger partial charge in [-0.1, -0.05) is 131 Å². The lowest BCUT2D eigenvalue weighted by Gasteiger charge is -2.32. The van der Waals surface area contributed by atoms with Crippen molar-refractivity contribution in [2.75, 3.05) is 13.1 Å². The zero-order valence-corrected chi connectivity index (χ0v) is 87.3. The lowest BCUT2D eigenvalue weighted by Crippen LogP contribution is -2.41. The molecule has 1 saturated carbocycles. The molecule has 0 amide bonds. The van der Waals surface area contributed by atoms with Crippen molar-refractivity contribution in [3.05, 3.63) is 321 Å². The van der Waals surface area contributed by atoms with E-state index in [4.69, 9.17) is 47.5 Å². The molecule has 142 heavy (non-hydrogen) atoms. The highest BCUT2D eigenvalue weighted by molar-refractivity contribution is 9.10. The Labute approximate surface area is 850 Å². The minimum absolute atomic E-state index is 0.310. The van der Waals surface area contributed by atoms with Crippen LogP contribution in [0.25, 0.3) is 159 Å². The highest BCUT2D eigenvalue weighted by Gasteiger charge is 2.52. The Bertz CT molecular complexity index is 7950. The Morgan fingerprint density at radius 3 is 1.06 bits per heavy atom. The summed E-state index contributed by atoms with van der Waals surface area (Å²) < 4.78 is 22.6. The molecule has 1 N–H and O–H groups in total. The van der Waals surface area contributed by atoms with Crippen molar-refractivity contribution in [3.8, 4) is 44.5 Å². The number of benzene rings is 10. The van der Waals surface area contributed by atoms with Crippen molar-refractivity contribution in [1.82, 2.24) is 79.1 Å². The summed E-state index contributed by atoms with van der Waals surface area (Å²) in [6.45, 7) is 23.3. The Hall–Kier alpha value is -12.9. The van der Waals surface area contributed by atoms with Crippen molar-refractivity contribution < 1.29 is 9.31 Å².